The molecule has 3 aromatic rings. The van der Waals surface area contributed by atoms with Crippen LogP contribution >= 0.6 is 23.6 Å². The Kier molecular flexibility index (Phi) is 8.06. The van der Waals surface area contributed by atoms with Crippen LogP contribution in [0.25, 0.3) is 0 Å². The van der Waals surface area contributed by atoms with Gasteiger partial charge in [-0.2, -0.15) is 0 Å². The molecule has 0 spiro atoms. The maximum atomic E-state index is 12.3. The summed E-state index contributed by atoms with van der Waals surface area (Å²) in [7, 11) is 0. The minimum atomic E-state index is -0.549. The van der Waals surface area contributed by atoms with Gasteiger partial charge in [-0.15, -0.1) is 11.3 Å². The quantitative estimate of drug-likeness (QED) is 0.404. The zero-order chi connectivity index (χ0) is 24.9. The Bertz CT molecular complexity index is 1180. The van der Waals surface area contributed by atoms with Crippen LogP contribution in [0.15, 0.2) is 54.6 Å². The van der Waals surface area contributed by atoms with Gasteiger partial charge in [0.25, 0.3) is 11.8 Å². The maximum Gasteiger partial charge on any atom is 0.264 e. The minimum Gasteiger partial charge on any atom is -0.484 e. The number of thiocarbonyl (C=S) groups is 1. The minimum absolute atomic E-state index is 0.0403. The van der Waals surface area contributed by atoms with Crippen LogP contribution < -0.4 is 21.1 Å². The number of primary amides is 1. The van der Waals surface area contributed by atoms with Crippen LogP contribution in [0.3, 0.4) is 0 Å². The van der Waals surface area contributed by atoms with E-state index in [0.717, 1.165) is 16.0 Å². The van der Waals surface area contributed by atoms with Gasteiger partial charge in [-0.05, 0) is 53.4 Å². The molecule has 0 unspecified atom stereocenters. The van der Waals surface area contributed by atoms with Crippen LogP contribution in [-0.2, 0) is 16.6 Å². The summed E-state index contributed by atoms with van der Waals surface area (Å²) >= 11 is 6.68. The van der Waals surface area contributed by atoms with E-state index in [1.165, 1.54) is 16.9 Å². The Morgan fingerprint density at radius 3 is 2.29 bits per heavy atom. The van der Waals surface area contributed by atoms with E-state index in [9.17, 15) is 9.59 Å². The molecular formula is C26H29N3O3S2. The molecule has 0 aliphatic rings. The normalized spacial score (nSPS) is 11.1. The van der Waals surface area contributed by atoms with Gasteiger partial charge in [0.2, 0.25) is 0 Å². The fourth-order valence-corrected chi connectivity index (χ4v) is 4.92. The first kappa shape index (κ1) is 25.4. The largest absolute Gasteiger partial charge is 0.484 e. The van der Waals surface area contributed by atoms with Crippen molar-refractivity contribution in [3.63, 3.8) is 0 Å². The molecule has 1 heterocycles. The molecule has 0 aliphatic carbocycles. The molecule has 4 N–H and O–H groups in total. The number of ether oxygens (including phenoxy) is 1. The zero-order valence-electron chi connectivity index (χ0n) is 19.7. The van der Waals surface area contributed by atoms with Gasteiger partial charge in [-0.1, -0.05) is 63.2 Å². The molecular weight excluding hydrogens is 466 g/mol. The standard InChI is InChI=1S/C26H29N3O3S2/c1-16-20(14-17-8-6-5-7-9-17)34-24(22(16)23(27)31)29-25(33)28-21(30)15-32-19-12-10-18(11-13-19)26(2,3)4/h5-13H,14-15H2,1-4H3,(H2,27,31)(H2,28,29,30,33). The van der Waals surface area contributed by atoms with E-state index >= 15 is 0 Å². The monoisotopic (exact) mass is 495 g/mol. The molecule has 178 valence electrons. The second kappa shape index (κ2) is 10.8. The fraction of sp³-hybridized carbons (Fsp3) is 0.269. The molecule has 0 aliphatic heterocycles. The van der Waals surface area contributed by atoms with Crippen molar-refractivity contribution in [2.75, 3.05) is 11.9 Å². The van der Waals surface area contributed by atoms with E-state index in [4.69, 9.17) is 22.7 Å². The van der Waals surface area contributed by atoms with E-state index in [2.05, 4.69) is 31.4 Å². The lowest BCUT2D eigenvalue weighted by molar-refractivity contribution is -0.121. The van der Waals surface area contributed by atoms with Crippen molar-refractivity contribution in [2.45, 2.75) is 39.5 Å². The van der Waals surface area contributed by atoms with Crippen molar-refractivity contribution in [1.29, 1.82) is 0 Å². The SMILES string of the molecule is Cc1c(Cc2ccccc2)sc(NC(=S)NC(=O)COc2ccc(C(C)(C)C)cc2)c1C(N)=O. The van der Waals surface area contributed by atoms with Crippen LogP contribution in [0, 0.1) is 6.92 Å². The van der Waals surface area contributed by atoms with E-state index in [0.29, 0.717) is 22.7 Å². The molecule has 34 heavy (non-hydrogen) atoms. The number of carbonyl (C=O) groups is 2. The van der Waals surface area contributed by atoms with Gasteiger partial charge in [0, 0.05) is 11.3 Å². The van der Waals surface area contributed by atoms with E-state index in [1.807, 2.05) is 61.5 Å². The maximum absolute atomic E-state index is 12.3. The summed E-state index contributed by atoms with van der Waals surface area (Å²) in [4.78, 5) is 25.4. The molecule has 0 bridgehead atoms. The van der Waals surface area contributed by atoms with Gasteiger partial charge in [0.15, 0.2) is 11.7 Å². The highest BCUT2D eigenvalue weighted by Crippen LogP contribution is 2.34. The Morgan fingerprint density at radius 2 is 1.71 bits per heavy atom. The summed E-state index contributed by atoms with van der Waals surface area (Å²) in [5.41, 5.74) is 9.15. The molecule has 0 saturated carbocycles. The second-order valence-electron chi connectivity index (χ2n) is 8.95. The number of nitrogens with one attached hydrogen (secondary N) is 2. The molecule has 2 amide bonds. The Balaban J connectivity index is 1.61. The topological polar surface area (TPSA) is 93.4 Å². The summed E-state index contributed by atoms with van der Waals surface area (Å²) < 4.78 is 5.57. The number of rotatable bonds is 7. The molecule has 0 saturated heterocycles. The molecule has 6 nitrogen and oxygen atoms in total. The van der Waals surface area contributed by atoms with Crippen molar-refractivity contribution in [2.24, 2.45) is 5.73 Å². The molecule has 2 aromatic carbocycles. The average Bonchev–Trinajstić information content (AvgIpc) is 3.07. The number of anilines is 1. The number of thiophene rings is 1. The van der Waals surface area contributed by atoms with Gasteiger partial charge in [-0.3, -0.25) is 14.9 Å². The Morgan fingerprint density at radius 1 is 1.06 bits per heavy atom. The highest BCUT2D eigenvalue weighted by Gasteiger charge is 2.21. The third-order valence-electron chi connectivity index (χ3n) is 5.27. The highest BCUT2D eigenvalue weighted by molar-refractivity contribution is 7.80. The first-order valence-electron chi connectivity index (χ1n) is 10.8. The first-order chi connectivity index (χ1) is 16.0. The van der Waals surface area contributed by atoms with Crippen molar-refractivity contribution in [3.8, 4) is 5.75 Å². The molecule has 0 radical (unpaired) electrons. The van der Waals surface area contributed by atoms with Crippen molar-refractivity contribution in [3.05, 3.63) is 81.7 Å². The lowest BCUT2D eigenvalue weighted by Gasteiger charge is -2.19. The number of benzene rings is 2. The molecule has 1 aromatic heterocycles. The van der Waals surface area contributed by atoms with Gasteiger partial charge in [0.1, 0.15) is 10.8 Å². The van der Waals surface area contributed by atoms with Crippen LogP contribution in [-0.4, -0.2) is 23.5 Å². The van der Waals surface area contributed by atoms with Crippen LogP contribution in [0.4, 0.5) is 5.00 Å². The molecule has 8 heteroatoms. The van der Waals surface area contributed by atoms with Crippen molar-refractivity contribution >= 4 is 45.5 Å². The summed E-state index contributed by atoms with van der Waals surface area (Å²) in [6, 6.07) is 17.6. The first-order valence-corrected chi connectivity index (χ1v) is 12.1. The van der Waals surface area contributed by atoms with E-state index < -0.39 is 11.8 Å². The Labute approximate surface area is 209 Å². The van der Waals surface area contributed by atoms with Crippen molar-refractivity contribution in [1.82, 2.24) is 5.32 Å². The number of nitrogens with two attached hydrogens (primary N) is 1. The summed E-state index contributed by atoms with van der Waals surface area (Å²) in [5, 5.41) is 6.13. The van der Waals surface area contributed by atoms with Crippen molar-refractivity contribution < 1.29 is 14.3 Å². The Hall–Kier alpha value is -3.23. The van der Waals surface area contributed by atoms with E-state index in [-0.39, 0.29) is 17.1 Å². The van der Waals surface area contributed by atoms with Gasteiger partial charge in [0.05, 0.1) is 5.56 Å². The number of hydrogen-bond donors (Lipinski definition) is 3. The predicted octanol–water partition coefficient (Wildman–Crippen LogP) is 4.94. The highest BCUT2D eigenvalue weighted by atomic mass is 32.1. The number of carbonyl (C=O) groups excluding carboxylic acids is 2. The summed E-state index contributed by atoms with van der Waals surface area (Å²) in [5.74, 6) is -0.361. The lowest BCUT2D eigenvalue weighted by atomic mass is 9.87. The molecule has 0 atom stereocenters. The third-order valence-corrected chi connectivity index (χ3v) is 6.68. The average molecular weight is 496 g/mol. The van der Waals surface area contributed by atoms with E-state index in [1.54, 1.807) is 0 Å². The predicted molar refractivity (Wildman–Crippen MR) is 142 cm³/mol. The van der Waals surface area contributed by atoms with Gasteiger partial charge in [-0.25, -0.2) is 0 Å². The second-order valence-corrected chi connectivity index (χ2v) is 10.5. The summed E-state index contributed by atoms with van der Waals surface area (Å²) in [6.45, 7) is 8.07. The van der Waals surface area contributed by atoms with Gasteiger partial charge < -0.3 is 15.8 Å². The fourth-order valence-electron chi connectivity index (χ4n) is 3.39. The summed E-state index contributed by atoms with van der Waals surface area (Å²) in [6.07, 6.45) is 0.667. The van der Waals surface area contributed by atoms with Crippen LogP contribution in [0.2, 0.25) is 0 Å². The smallest absolute Gasteiger partial charge is 0.264 e. The number of hydrogen-bond acceptors (Lipinski definition) is 5. The molecule has 3 rings (SSSR count). The van der Waals surface area contributed by atoms with Crippen LogP contribution in [0.5, 0.6) is 5.75 Å². The van der Waals surface area contributed by atoms with Crippen LogP contribution in [0.1, 0.15) is 52.7 Å². The zero-order valence-corrected chi connectivity index (χ0v) is 21.4. The molecule has 0 fully saturated rings. The third kappa shape index (κ3) is 6.65. The lowest BCUT2D eigenvalue weighted by Crippen LogP contribution is -2.37. The number of amides is 2. The van der Waals surface area contributed by atoms with Gasteiger partial charge >= 0.3 is 0 Å².